The van der Waals surface area contributed by atoms with Gasteiger partial charge in [0.25, 0.3) is 0 Å². The van der Waals surface area contributed by atoms with Crippen LogP contribution in [0.1, 0.15) is 35.1 Å². The van der Waals surface area contributed by atoms with Crippen molar-refractivity contribution in [3.8, 4) is 0 Å². The Morgan fingerprint density at radius 1 is 1.08 bits per heavy atom. The second-order valence-electron chi connectivity index (χ2n) is 6.96. The van der Waals surface area contributed by atoms with E-state index in [0.717, 1.165) is 53.8 Å². The third kappa shape index (κ3) is 2.48. The number of aliphatic hydroxyl groups is 1. The largest absolute Gasteiger partial charge is 0.381 e. The van der Waals surface area contributed by atoms with E-state index >= 15 is 0 Å². The standard InChI is InChI=1S/C21H22FNO/c1-14-2-7-18-19(15-3-5-17(22)6-4-15)13-21(24,20(18)12-14)16-8-10-23-11-9-16/h2-7,12-13,16,23-24H,8-11H2,1H3. The summed E-state index contributed by atoms with van der Waals surface area (Å²) in [6.07, 6.45) is 3.91. The number of halogens is 1. The first-order chi connectivity index (χ1) is 11.6. The Kier molecular flexibility index (Phi) is 3.78. The minimum atomic E-state index is -0.937. The number of hydrogen-bond donors (Lipinski definition) is 2. The lowest BCUT2D eigenvalue weighted by Crippen LogP contribution is -2.39. The van der Waals surface area contributed by atoms with E-state index in [1.165, 1.54) is 12.1 Å². The first-order valence-corrected chi connectivity index (χ1v) is 8.61. The van der Waals surface area contributed by atoms with Gasteiger partial charge in [-0.3, -0.25) is 0 Å². The summed E-state index contributed by atoms with van der Waals surface area (Å²) in [5, 5.41) is 15.0. The molecule has 0 saturated carbocycles. The highest BCUT2D eigenvalue weighted by molar-refractivity contribution is 5.86. The zero-order chi connectivity index (χ0) is 16.7. The van der Waals surface area contributed by atoms with Crippen LogP contribution in [0.25, 0.3) is 5.57 Å². The van der Waals surface area contributed by atoms with Crippen LogP contribution < -0.4 is 5.32 Å². The highest BCUT2D eigenvalue weighted by atomic mass is 19.1. The average Bonchev–Trinajstić information content (AvgIpc) is 2.90. The molecule has 2 aromatic carbocycles. The molecular formula is C21H22FNO. The van der Waals surface area contributed by atoms with Crippen molar-refractivity contribution in [2.75, 3.05) is 13.1 Å². The number of nitrogens with one attached hydrogen (secondary N) is 1. The van der Waals surface area contributed by atoms with E-state index < -0.39 is 5.60 Å². The molecule has 1 unspecified atom stereocenters. The predicted octanol–water partition coefficient (Wildman–Crippen LogP) is 3.77. The summed E-state index contributed by atoms with van der Waals surface area (Å²) in [6, 6.07) is 12.8. The topological polar surface area (TPSA) is 32.3 Å². The maximum atomic E-state index is 13.3. The van der Waals surface area contributed by atoms with E-state index in [1.54, 1.807) is 12.1 Å². The molecule has 2 N–H and O–H groups in total. The number of aryl methyl sites for hydroxylation is 1. The van der Waals surface area contributed by atoms with Gasteiger partial charge in [0.2, 0.25) is 0 Å². The Bertz CT molecular complexity index is 790. The third-order valence-corrected chi connectivity index (χ3v) is 5.38. The van der Waals surface area contributed by atoms with Crippen molar-refractivity contribution >= 4 is 5.57 Å². The van der Waals surface area contributed by atoms with Gasteiger partial charge in [-0.15, -0.1) is 0 Å². The van der Waals surface area contributed by atoms with Crippen LogP contribution in [-0.4, -0.2) is 18.2 Å². The summed E-state index contributed by atoms with van der Waals surface area (Å²) < 4.78 is 13.3. The average molecular weight is 323 g/mol. The van der Waals surface area contributed by atoms with E-state index in [2.05, 4.69) is 30.4 Å². The molecule has 3 heteroatoms. The molecule has 124 valence electrons. The van der Waals surface area contributed by atoms with Gasteiger partial charge in [-0.05, 0) is 79.2 Å². The molecule has 1 saturated heterocycles. The van der Waals surface area contributed by atoms with E-state index in [4.69, 9.17) is 0 Å². The van der Waals surface area contributed by atoms with Gasteiger partial charge in [-0.1, -0.05) is 35.9 Å². The summed E-state index contributed by atoms with van der Waals surface area (Å²) in [6.45, 7) is 3.93. The van der Waals surface area contributed by atoms with E-state index in [1.807, 2.05) is 6.08 Å². The number of benzene rings is 2. The minimum Gasteiger partial charge on any atom is -0.381 e. The van der Waals surface area contributed by atoms with Gasteiger partial charge in [-0.2, -0.15) is 0 Å². The first-order valence-electron chi connectivity index (χ1n) is 8.61. The molecule has 0 spiro atoms. The minimum absolute atomic E-state index is 0.206. The van der Waals surface area contributed by atoms with E-state index in [9.17, 15) is 9.50 Å². The van der Waals surface area contributed by atoms with Gasteiger partial charge in [0.15, 0.2) is 0 Å². The molecule has 1 aliphatic heterocycles. The van der Waals surface area contributed by atoms with E-state index in [0.29, 0.717) is 0 Å². The van der Waals surface area contributed by atoms with Crippen LogP contribution >= 0.6 is 0 Å². The van der Waals surface area contributed by atoms with Crippen molar-refractivity contribution < 1.29 is 9.50 Å². The molecular weight excluding hydrogens is 301 g/mol. The molecule has 0 radical (unpaired) electrons. The lowest BCUT2D eigenvalue weighted by atomic mass is 9.77. The first kappa shape index (κ1) is 15.6. The van der Waals surface area contributed by atoms with Gasteiger partial charge >= 0.3 is 0 Å². The summed E-state index contributed by atoms with van der Waals surface area (Å²) in [4.78, 5) is 0. The number of hydrogen-bond acceptors (Lipinski definition) is 2. The van der Waals surface area contributed by atoms with Crippen LogP contribution in [0.5, 0.6) is 0 Å². The SMILES string of the molecule is Cc1ccc2c(c1)C(O)(C1CCNCC1)C=C2c1ccc(F)cc1. The second-order valence-corrected chi connectivity index (χ2v) is 6.96. The quantitative estimate of drug-likeness (QED) is 0.882. The zero-order valence-electron chi connectivity index (χ0n) is 13.8. The number of piperidine rings is 1. The monoisotopic (exact) mass is 323 g/mol. The number of fused-ring (bicyclic) bond motifs is 1. The summed E-state index contributed by atoms with van der Waals surface area (Å²) >= 11 is 0. The summed E-state index contributed by atoms with van der Waals surface area (Å²) in [7, 11) is 0. The Morgan fingerprint density at radius 3 is 2.50 bits per heavy atom. The lowest BCUT2D eigenvalue weighted by Gasteiger charge is -2.35. The normalized spacial score (nSPS) is 23.9. The summed E-state index contributed by atoms with van der Waals surface area (Å²) in [5.74, 6) is -0.0349. The molecule has 2 nitrogen and oxygen atoms in total. The van der Waals surface area contributed by atoms with Crippen molar-refractivity contribution in [1.82, 2.24) is 5.32 Å². The molecule has 24 heavy (non-hydrogen) atoms. The molecule has 1 aliphatic carbocycles. The Labute approximate surface area is 142 Å². The van der Waals surface area contributed by atoms with Gasteiger partial charge < -0.3 is 10.4 Å². The van der Waals surface area contributed by atoms with Crippen LogP contribution in [0.15, 0.2) is 48.5 Å². The molecule has 2 aliphatic rings. The Morgan fingerprint density at radius 2 is 1.79 bits per heavy atom. The summed E-state index contributed by atoms with van der Waals surface area (Å²) in [5.41, 5.74) is 4.22. The highest BCUT2D eigenvalue weighted by Gasteiger charge is 2.43. The fourth-order valence-electron chi connectivity index (χ4n) is 4.07. The molecule has 0 bridgehead atoms. The van der Waals surface area contributed by atoms with Crippen molar-refractivity contribution in [3.63, 3.8) is 0 Å². The zero-order valence-corrected chi connectivity index (χ0v) is 13.8. The van der Waals surface area contributed by atoms with Gasteiger partial charge in [0, 0.05) is 0 Å². The Balaban J connectivity index is 1.85. The van der Waals surface area contributed by atoms with Gasteiger partial charge in [0.1, 0.15) is 11.4 Å². The molecule has 1 fully saturated rings. The smallest absolute Gasteiger partial charge is 0.123 e. The second kappa shape index (κ2) is 5.83. The molecule has 0 aromatic heterocycles. The lowest BCUT2D eigenvalue weighted by molar-refractivity contribution is 0.0126. The van der Waals surface area contributed by atoms with Crippen molar-refractivity contribution in [2.45, 2.75) is 25.4 Å². The van der Waals surface area contributed by atoms with Crippen LogP contribution in [0, 0.1) is 18.7 Å². The molecule has 1 atom stereocenters. The van der Waals surface area contributed by atoms with Crippen molar-refractivity contribution in [1.29, 1.82) is 0 Å². The van der Waals surface area contributed by atoms with Crippen LogP contribution in [0.4, 0.5) is 4.39 Å². The maximum Gasteiger partial charge on any atom is 0.123 e. The highest BCUT2D eigenvalue weighted by Crippen LogP contribution is 2.48. The maximum absolute atomic E-state index is 13.3. The van der Waals surface area contributed by atoms with Crippen molar-refractivity contribution in [3.05, 3.63) is 76.6 Å². The molecule has 2 aromatic rings. The fourth-order valence-corrected chi connectivity index (χ4v) is 4.07. The molecule has 4 rings (SSSR count). The van der Waals surface area contributed by atoms with Crippen molar-refractivity contribution in [2.24, 2.45) is 5.92 Å². The molecule has 0 amide bonds. The van der Waals surface area contributed by atoms with Gasteiger partial charge in [-0.25, -0.2) is 4.39 Å². The van der Waals surface area contributed by atoms with Gasteiger partial charge in [0.05, 0.1) is 0 Å². The third-order valence-electron chi connectivity index (χ3n) is 5.38. The predicted molar refractivity (Wildman–Crippen MR) is 94.1 cm³/mol. The molecule has 1 heterocycles. The van der Waals surface area contributed by atoms with Crippen LogP contribution in [0.2, 0.25) is 0 Å². The fraction of sp³-hybridized carbons (Fsp3) is 0.333. The number of rotatable bonds is 2. The van der Waals surface area contributed by atoms with Crippen LogP contribution in [-0.2, 0) is 5.60 Å². The Hall–Kier alpha value is -1.97. The van der Waals surface area contributed by atoms with E-state index in [-0.39, 0.29) is 11.7 Å². The van der Waals surface area contributed by atoms with Crippen LogP contribution in [0.3, 0.4) is 0 Å².